The SMILES string of the molecule is CNc1nc2cc(CC[C@H]3C[C@@H](n4ccc5c(NC)ncnc54)[C@H](C)[C@@H]3OC(C)(C)O)ccc2cc1F. The summed E-state index contributed by atoms with van der Waals surface area (Å²) >= 11 is 0. The van der Waals surface area contributed by atoms with Gasteiger partial charge >= 0.3 is 0 Å². The van der Waals surface area contributed by atoms with E-state index in [2.05, 4.69) is 49.3 Å². The predicted octanol–water partition coefficient (Wildman–Crippen LogP) is 5.15. The molecular weight excluding hydrogens is 471 g/mol. The van der Waals surface area contributed by atoms with Gasteiger partial charge in [-0.05, 0) is 62.8 Å². The van der Waals surface area contributed by atoms with Crippen LogP contribution in [0.15, 0.2) is 42.9 Å². The van der Waals surface area contributed by atoms with Crippen molar-refractivity contribution >= 4 is 33.6 Å². The normalized spacial score (nSPS) is 22.1. The summed E-state index contributed by atoms with van der Waals surface area (Å²) in [5, 5.41) is 18.3. The van der Waals surface area contributed by atoms with Gasteiger partial charge in [-0.2, -0.15) is 0 Å². The van der Waals surface area contributed by atoms with Crippen LogP contribution in [0, 0.1) is 17.7 Å². The molecule has 3 heterocycles. The van der Waals surface area contributed by atoms with E-state index in [4.69, 9.17) is 4.74 Å². The molecule has 3 N–H and O–H groups in total. The van der Waals surface area contributed by atoms with Crippen LogP contribution < -0.4 is 10.6 Å². The number of fused-ring (bicyclic) bond motifs is 2. The average molecular weight is 507 g/mol. The van der Waals surface area contributed by atoms with Crippen LogP contribution in [0.4, 0.5) is 16.0 Å². The van der Waals surface area contributed by atoms with Crippen molar-refractivity contribution in [3.8, 4) is 0 Å². The van der Waals surface area contributed by atoms with Gasteiger partial charge in [0.05, 0.1) is 17.0 Å². The second kappa shape index (κ2) is 9.87. The van der Waals surface area contributed by atoms with E-state index >= 15 is 0 Å². The zero-order valence-corrected chi connectivity index (χ0v) is 22.0. The van der Waals surface area contributed by atoms with Crippen LogP contribution in [0.25, 0.3) is 21.9 Å². The molecule has 0 unspecified atom stereocenters. The molecular formula is C28H35FN6O2. The van der Waals surface area contributed by atoms with E-state index in [1.54, 1.807) is 27.2 Å². The molecule has 9 heteroatoms. The molecule has 196 valence electrons. The second-order valence-electron chi connectivity index (χ2n) is 10.5. The number of aryl methyl sites for hydroxylation is 1. The van der Waals surface area contributed by atoms with Crippen molar-refractivity contribution in [3.63, 3.8) is 0 Å². The molecule has 4 aromatic rings. The Morgan fingerprint density at radius 2 is 1.92 bits per heavy atom. The Kier molecular flexibility index (Phi) is 6.76. The fraction of sp³-hybridized carbons (Fsp3) is 0.464. The lowest BCUT2D eigenvalue weighted by Crippen LogP contribution is -2.36. The monoisotopic (exact) mass is 506 g/mol. The first-order chi connectivity index (χ1) is 17.7. The molecule has 1 aliphatic rings. The standard InChI is InChI=1S/C28H35FN6O2/c1-16-23(35-11-10-20-25(30-4)32-15-33-27(20)35)14-19(24(16)37-28(2,3)36)9-7-17-6-8-18-13-21(29)26(31-5)34-22(18)12-17/h6,8,10-13,15-16,19,23-24,36H,7,9,14H2,1-5H3,(H,31,34)(H,30,32,33)/t16-,19-,23+,24-/m0/s1. The highest BCUT2D eigenvalue weighted by Gasteiger charge is 2.44. The molecule has 0 radical (unpaired) electrons. The average Bonchev–Trinajstić information content (AvgIpc) is 3.42. The summed E-state index contributed by atoms with van der Waals surface area (Å²) in [6, 6.07) is 9.74. The van der Waals surface area contributed by atoms with E-state index in [-0.39, 0.29) is 35.6 Å². The maximum Gasteiger partial charge on any atom is 0.166 e. The Hall–Kier alpha value is -3.30. The van der Waals surface area contributed by atoms with Crippen LogP contribution in [0.5, 0.6) is 0 Å². The second-order valence-corrected chi connectivity index (χ2v) is 10.5. The number of nitrogens with zero attached hydrogens (tertiary/aromatic N) is 4. The van der Waals surface area contributed by atoms with Crippen molar-refractivity contribution in [2.75, 3.05) is 24.7 Å². The third-order valence-corrected chi connectivity index (χ3v) is 7.54. The number of aromatic nitrogens is 4. The van der Waals surface area contributed by atoms with Crippen molar-refractivity contribution in [2.24, 2.45) is 11.8 Å². The summed E-state index contributed by atoms with van der Waals surface area (Å²) in [5.41, 5.74) is 2.81. The highest BCUT2D eigenvalue weighted by Crippen LogP contribution is 2.46. The highest BCUT2D eigenvalue weighted by molar-refractivity contribution is 5.87. The number of ether oxygens (including phenoxy) is 1. The lowest BCUT2D eigenvalue weighted by molar-refractivity contribution is -0.221. The van der Waals surface area contributed by atoms with E-state index in [1.807, 2.05) is 25.2 Å². The lowest BCUT2D eigenvalue weighted by Gasteiger charge is -2.31. The number of anilines is 2. The summed E-state index contributed by atoms with van der Waals surface area (Å²) in [6.45, 7) is 5.57. The Labute approximate surface area is 216 Å². The number of hydrogen-bond donors (Lipinski definition) is 3. The van der Waals surface area contributed by atoms with Gasteiger partial charge in [-0.3, -0.25) is 0 Å². The smallest absolute Gasteiger partial charge is 0.166 e. The molecule has 1 fully saturated rings. The fourth-order valence-electron chi connectivity index (χ4n) is 5.80. The highest BCUT2D eigenvalue weighted by atomic mass is 19.1. The van der Waals surface area contributed by atoms with Crippen molar-refractivity contribution in [1.29, 1.82) is 0 Å². The molecule has 0 saturated heterocycles. The summed E-state index contributed by atoms with van der Waals surface area (Å²) < 4.78 is 22.6. The zero-order valence-electron chi connectivity index (χ0n) is 22.0. The molecule has 0 amide bonds. The van der Waals surface area contributed by atoms with Gasteiger partial charge in [0, 0.05) is 37.6 Å². The van der Waals surface area contributed by atoms with Gasteiger partial charge in [-0.25, -0.2) is 19.3 Å². The molecule has 1 saturated carbocycles. The van der Waals surface area contributed by atoms with Gasteiger partial charge in [0.25, 0.3) is 0 Å². The largest absolute Gasteiger partial charge is 0.372 e. The number of nitrogens with one attached hydrogen (secondary N) is 2. The Morgan fingerprint density at radius 3 is 2.65 bits per heavy atom. The van der Waals surface area contributed by atoms with Crippen LogP contribution >= 0.6 is 0 Å². The first-order valence-corrected chi connectivity index (χ1v) is 12.8. The molecule has 3 aromatic heterocycles. The quantitative estimate of drug-likeness (QED) is 0.285. The van der Waals surface area contributed by atoms with Crippen molar-refractivity contribution < 1.29 is 14.2 Å². The maximum atomic E-state index is 14.1. The van der Waals surface area contributed by atoms with Gasteiger partial charge in [0.15, 0.2) is 17.4 Å². The Bertz CT molecular complexity index is 1420. The molecule has 0 spiro atoms. The topological polar surface area (TPSA) is 97.1 Å². The minimum atomic E-state index is -1.23. The van der Waals surface area contributed by atoms with Gasteiger partial charge in [-0.1, -0.05) is 19.1 Å². The molecule has 4 atom stereocenters. The van der Waals surface area contributed by atoms with E-state index in [0.29, 0.717) is 0 Å². The van der Waals surface area contributed by atoms with Crippen molar-refractivity contribution in [1.82, 2.24) is 19.5 Å². The number of aliphatic hydroxyl groups is 1. The first kappa shape index (κ1) is 25.4. The molecule has 0 aliphatic heterocycles. The van der Waals surface area contributed by atoms with Gasteiger partial charge in [0.1, 0.15) is 17.8 Å². The minimum absolute atomic E-state index is 0.114. The third-order valence-electron chi connectivity index (χ3n) is 7.54. The molecule has 8 nitrogen and oxygen atoms in total. The van der Waals surface area contributed by atoms with Gasteiger partial charge < -0.3 is 25.0 Å². The number of hydrogen-bond acceptors (Lipinski definition) is 7. The third kappa shape index (κ3) is 4.98. The number of benzene rings is 1. The van der Waals surface area contributed by atoms with Gasteiger partial charge in [0.2, 0.25) is 0 Å². The van der Waals surface area contributed by atoms with Crippen LogP contribution in [0.3, 0.4) is 0 Å². The van der Waals surface area contributed by atoms with E-state index < -0.39 is 5.79 Å². The van der Waals surface area contributed by atoms with Gasteiger partial charge in [-0.15, -0.1) is 0 Å². The van der Waals surface area contributed by atoms with Crippen molar-refractivity contribution in [2.45, 2.75) is 58.0 Å². The number of rotatable bonds is 8. The van der Waals surface area contributed by atoms with Crippen LogP contribution in [0.2, 0.25) is 0 Å². The fourth-order valence-corrected chi connectivity index (χ4v) is 5.80. The predicted molar refractivity (Wildman–Crippen MR) is 144 cm³/mol. The summed E-state index contributed by atoms with van der Waals surface area (Å²) in [4.78, 5) is 13.4. The molecule has 1 aliphatic carbocycles. The molecule has 5 rings (SSSR count). The Morgan fingerprint density at radius 1 is 1.14 bits per heavy atom. The van der Waals surface area contributed by atoms with Crippen LogP contribution in [-0.4, -0.2) is 50.6 Å². The lowest BCUT2D eigenvalue weighted by atomic mass is 9.94. The minimum Gasteiger partial charge on any atom is -0.372 e. The van der Waals surface area contributed by atoms with E-state index in [1.165, 1.54) is 6.07 Å². The number of pyridine rings is 1. The first-order valence-electron chi connectivity index (χ1n) is 12.8. The number of halogens is 1. The summed E-state index contributed by atoms with van der Waals surface area (Å²) in [7, 11) is 3.53. The van der Waals surface area contributed by atoms with Crippen LogP contribution in [0.1, 0.15) is 45.2 Å². The molecule has 0 bridgehead atoms. The van der Waals surface area contributed by atoms with E-state index in [9.17, 15) is 9.50 Å². The van der Waals surface area contributed by atoms with Crippen molar-refractivity contribution in [3.05, 3.63) is 54.2 Å². The summed E-state index contributed by atoms with van der Waals surface area (Å²) in [5.74, 6) is -0.127. The van der Waals surface area contributed by atoms with Crippen LogP contribution in [-0.2, 0) is 11.2 Å². The molecule has 37 heavy (non-hydrogen) atoms. The zero-order chi connectivity index (χ0) is 26.3. The Balaban J connectivity index is 1.41. The van der Waals surface area contributed by atoms with E-state index in [0.717, 1.165) is 52.6 Å². The molecule has 1 aromatic carbocycles. The maximum absolute atomic E-state index is 14.1. The summed E-state index contributed by atoms with van der Waals surface area (Å²) in [6.07, 6.45) is 6.19.